The van der Waals surface area contributed by atoms with Crippen molar-refractivity contribution in [3.63, 3.8) is 0 Å². The van der Waals surface area contributed by atoms with E-state index in [1.807, 2.05) is 0 Å². The first-order valence-electron chi connectivity index (χ1n) is 5.67. The molecule has 9 heteroatoms. The van der Waals surface area contributed by atoms with Crippen LogP contribution in [0, 0.1) is 32.6 Å². The molecule has 0 radical (unpaired) electrons. The Kier molecular flexibility index (Phi) is 5.19. The molecule has 1 aromatic carbocycles. The summed E-state index contributed by atoms with van der Waals surface area (Å²) in [5.41, 5.74) is -1.06. The molecule has 0 bridgehead atoms. The molecule has 0 saturated carbocycles. The number of nitro groups is 2. The smallest absolute Gasteiger partial charge is 0.321 e. The first-order chi connectivity index (χ1) is 9.86. The highest BCUT2D eigenvalue weighted by atomic mass is 16.7. The highest BCUT2D eigenvalue weighted by molar-refractivity contribution is 5.75. The molecule has 21 heavy (non-hydrogen) atoms. The molecule has 0 aliphatic heterocycles. The maximum atomic E-state index is 11.6. The lowest BCUT2D eigenvalue weighted by Crippen LogP contribution is -2.30. The fraction of sp³-hybridized carbons (Fsp3) is 0.250. The molecule has 0 N–H and O–H groups in total. The van der Waals surface area contributed by atoms with Gasteiger partial charge < -0.3 is 4.84 Å². The lowest BCUT2D eigenvalue weighted by Gasteiger charge is -2.16. The number of nitrogens with zero attached hydrogens (tertiary/aromatic N) is 3. The van der Waals surface area contributed by atoms with Crippen molar-refractivity contribution >= 4 is 17.3 Å². The van der Waals surface area contributed by atoms with Gasteiger partial charge in [-0.25, -0.2) is 0 Å². The summed E-state index contributed by atoms with van der Waals surface area (Å²) in [7, 11) is 1.27. The van der Waals surface area contributed by atoms with E-state index in [0.717, 1.165) is 23.3 Å². The molecule has 0 heterocycles. The zero-order chi connectivity index (χ0) is 16.0. The van der Waals surface area contributed by atoms with Crippen LogP contribution in [0.5, 0.6) is 5.75 Å². The Labute approximate surface area is 119 Å². The summed E-state index contributed by atoms with van der Waals surface area (Å²) in [6, 6.07) is 2.86. The molecular weight excluding hydrogens is 282 g/mol. The molecule has 0 atom stereocenters. The summed E-state index contributed by atoms with van der Waals surface area (Å²) >= 11 is 0. The lowest BCUT2D eigenvalue weighted by molar-refractivity contribution is -0.395. The van der Waals surface area contributed by atoms with Crippen LogP contribution in [0.2, 0.25) is 0 Å². The molecule has 0 fully saturated rings. The van der Waals surface area contributed by atoms with Crippen molar-refractivity contribution in [1.29, 1.82) is 0 Å². The van der Waals surface area contributed by atoms with Crippen molar-refractivity contribution in [1.82, 2.24) is 5.06 Å². The van der Waals surface area contributed by atoms with Gasteiger partial charge in [0.15, 0.2) is 0 Å². The minimum atomic E-state index is -0.831. The van der Waals surface area contributed by atoms with Gasteiger partial charge in [0.05, 0.1) is 15.9 Å². The lowest BCUT2D eigenvalue weighted by atomic mass is 10.2. The first-order valence-corrected chi connectivity index (χ1v) is 5.67. The van der Waals surface area contributed by atoms with E-state index in [0.29, 0.717) is 0 Å². The van der Waals surface area contributed by atoms with Crippen LogP contribution in [0.15, 0.2) is 18.2 Å². The second-order valence-electron chi connectivity index (χ2n) is 3.85. The van der Waals surface area contributed by atoms with Crippen molar-refractivity contribution in [2.75, 3.05) is 7.05 Å². The van der Waals surface area contributed by atoms with E-state index >= 15 is 0 Å². The van der Waals surface area contributed by atoms with Crippen LogP contribution in [0.4, 0.5) is 11.4 Å². The standard InChI is InChI=1S/C12H11N3O6/c1-3-4-5-12(16)13(2)21-11-7-6-9(14(17)18)8-10(11)15(19)20/h1,6-8H,4-5H2,2H3. The van der Waals surface area contributed by atoms with Crippen molar-refractivity contribution in [3.05, 3.63) is 38.4 Å². The van der Waals surface area contributed by atoms with Gasteiger partial charge in [0.2, 0.25) is 5.75 Å². The van der Waals surface area contributed by atoms with Crippen LogP contribution in [0.1, 0.15) is 12.8 Å². The molecule has 110 valence electrons. The molecule has 0 saturated heterocycles. The van der Waals surface area contributed by atoms with Gasteiger partial charge in [-0.1, -0.05) is 0 Å². The Balaban J connectivity index is 2.97. The van der Waals surface area contributed by atoms with Crippen molar-refractivity contribution in [2.24, 2.45) is 0 Å². The number of hydrogen-bond acceptors (Lipinski definition) is 6. The largest absolute Gasteiger partial charge is 0.370 e. The number of non-ortho nitro benzene ring substituents is 1. The molecular formula is C12H11N3O6. The van der Waals surface area contributed by atoms with Crippen LogP contribution < -0.4 is 4.84 Å². The van der Waals surface area contributed by atoms with E-state index < -0.39 is 27.1 Å². The molecule has 1 rings (SSSR count). The normalized spacial score (nSPS) is 9.52. The van der Waals surface area contributed by atoms with E-state index in [1.165, 1.54) is 7.05 Å². The zero-order valence-corrected chi connectivity index (χ0v) is 11.0. The minimum absolute atomic E-state index is 0.0216. The van der Waals surface area contributed by atoms with Crippen molar-refractivity contribution in [3.8, 4) is 18.1 Å². The number of rotatable bonds is 6. The average molecular weight is 293 g/mol. The third-order valence-corrected chi connectivity index (χ3v) is 2.42. The van der Waals surface area contributed by atoms with Crippen LogP contribution >= 0.6 is 0 Å². The van der Waals surface area contributed by atoms with E-state index in [-0.39, 0.29) is 18.6 Å². The predicted molar refractivity (Wildman–Crippen MR) is 71.2 cm³/mol. The SMILES string of the molecule is C#CCCC(=O)N(C)Oc1ccc([N+](=O)[O-])cc1[N+](=O)[O-]. The summed E-state index contributed by atoms with van der Waals surface area (Å²) in [4.78, 5) is 36.5. The Morgan fingerprint density at radius 3 is 2.57 bits per heavy atom. The fourth-order valence-electron chi connectivity index (χ4n) is 1.37. The van der Waals surface area contributed by atoms with Crippen molar-refractivity contribution in [2.45, 2.75) is 12.8 Å². The summed E-state index contributed by atoms with van der Waals surface area (Å²) in [5.74, 6) is 1.53. The topological polar surface area (TPSA) is 116 Å². The monoisotopic (exact) mass is 293 g/mol. The van der Waals surface area contributed by atoms with Gasteiger partial charge in [0, 0.05) is 26.0 Å². The fourth-order valence-corrected chi connectivity index (χ4v) is 1.37. The van der Waals surface area contributed by atoms with Crippen LogP contribution in [-0.4, -0.2) is 27.9 Å². The average Bonchev–Trinajstić information content (AvgIpc) is 2.44. The number of carbonyl (C=O) groups excluding carboxylic acids is 1. The molecule has 1 aromatic rings. The number of nitro benzene ring substituents is 2. The predicted octanol–water partition coefficient (Wildman–Crippen LogP) is 1.67. The molecule has 9 nitrogen and oxygen atoms in total. The zero-order valence-electron chi connectivity index (χ0n) is 11.0. The van der Waals surface area contributed by atoms with E-state index in [2.05, 4.69) is 5.92 Å². The molecule has 0 aliphatic carbocycles. The Morgan fingerprint density at radius 1 is 1.38 bits per heavy atom. The molecule has 0 unspecified atom stereocenters. The van der Waals surface area contributed by atoms with Crippen LogP contribution in [-0.2, 0) is 4.79 Å². The highest BCUT2D eigenvalue weighted by Crippen LogP contribution is 2.31. The Morgan fingerprint density at radius 2 is 2.05 bits per heavy atom. The van der Waals surface area contributed by atoms with Gasteiger partial charge in [-0.05, 0) is 6.07 Å². The van der Waals surface area contributed by atoms with E-state index in [9.17, 15) is 25.0 Å². The molecule has 1 amide bonds. The second-order valence-corrected chi connectivity index (χ2v) is 3.85. The second kappa shape index (κ2) is 6.85. The quantitative estimate of drug-likeness (QED) is 0.447. The summed E-state index contributed by atoms with van der Waals surface area (Å²) in [5, 5.41) is 22.3. The maximum absolute atomic E-state index is 11.6. The van der Waals surface area contributed by atoms with Gasteiger partial charge in [-0.2, -0.15) is 5.06 Å². The number of terminal acetylenes is 1. The van der Waals surface area contributed by atoms with Gasteiger partial charge in [0.25, 0.3) is 11.6 Å². The number of hydrogen-bond donors (Lipinski definition) is 0. The van der Waals surface area contributed by atoms with Crippen molar-refractivity contribution < 1.29 is 19.5 Å². The third-order valence-electron chi connectivity index (χ3n) is 2.42. The number of benzene rings is 1. The van der Waals surface area contributed by atoms with Gasteiger partial charge in [-0.3, -0.25) is 25.0 Å². The van der Waals surface area contributed by atoms with Crippen LogP contribution in [0.3, 0.4) is 0 Å². The first kappa shape index (κ1) is 15.9. The van der Waals surface area contributed by atoms with Gasteiger partial charge in [-0.15, -0.1) is 12.3 Å². The third kappa shape index (κ3) is 4.17. The summed E-state index contributed by atoms with van der Waals surface area (Å²) < 4.78 is 0. The molecule has 0 aromatic heterocycles. The minimum Gasteiger partial charge on any atom is -0.370 e. The summed E-state index contributed by atoms with van der Waals surface area (Å²) in [6.07, 6.45) is 5.25. The number of amides is 1. The van der Waals surface area contributed by atoms with Gasteiger partial charge in [0.1, 0.15) is 0 Å². The number of hydroxylamine groups is 2. The Hall–Kier alpha value is -3.15. The highest BCUT2D eigenvalue weighted by Gasteiger charge is 2.23. The van der Waals surface area contributed by atoms with Gasteiger partial charge >= 0.3 is 5.69 Å². The van der Waals surface area contributed by atoms with E-state index in [4.69, 9.17) is 11.3 Å². The summed E-state index contributed by atoms with van der Waals surface area (Å²) in [6.45, 7) is 0. The van der Waals surface area contributed by atoms with Crippen LogP contribution in [0.25, 0.3) is 0 Å². The Bertz CT molecular complexity index is 622. The number of carbonyl (C=O) groups is 1. The van der Waals surface area contributed by atoms with E-state index in [1.54, 1.807) is 0 Å². The molecule has 0 spiro atoms. The molecule has 0 aliphatic rings. The maximum Gasteiger partial charge on any atom is 0.321 e.